The fourth-order valence-electron chi connectivity index (χ4n) is 2.48. The Morgan fingerprint density at radius 3 is 2.62 bits per heavy atom. The number of fused-ring (bicyclic) bond motifs is 1. The Morgan fingerprint density at radius 1 is 1.12 bits per heavy atom. The smallest absolute Gasteiger partial charge is 0.356 e. The Balaban J connectivity index is 2.14. The molecule has 0 aliphatic heterocycles. The SMILES string of the molecule is COC(=O)c1cc(Nc2ccc(C)c(Cl)c2)c2cc(C)ccc2n1. The van der Waals surface area contributed by atoms with Gasteiger partial charge in [0.25, 0.3) is 0 Å². The molecule has 0 aliphatic carbocycles. The van der Waals surface area contributed by atoms with Crippen molar-refractivity contribution < 1.29 is 9.53 Å². The van der Waals surface area contributed by atoms with Crippen molar-refractivity contribution in [3.8, 4) is 0 Å². The number of halogens is 1. The lowest BCUT2D eigenvalue weighted by atomic mass is 10.1. The first kappa shape index (κ1) is 16.3. The first-order chi connectivity index (χ1) is 11.5. The number of aryl methyl sites for hydroxylation is 2. The predicted molar refractivity (Wildman–Crippen MR) is 97.3 cm³/mol. The highest BCUT2D eigenvalue weighted by Gasteiger charge is 2.13. The van der Waals surface area contributed by atoms with E-state index in [-0.39, 0.29) is 5.69 Å². The Hall–Kier alpha value is -2.59. The zero-order valence-electron chi connectivity index (χ0n) is 13.7. The minimum atomic E-state index is -0.470. The zero-order valence-corrected chi connectivity index (χ0v) is 14.4. The van der Waals surface area contributed by atoms with Gasteiger partial charge in [-0.1, -0.05) is 29.3 Å². The highest BCUT2D eigenvalue weighted by molar-refractivity contribution is 6.31. The molecule has 3 rings (SSSR count). The quantitative estimate of drug-likeness (QED) is 0.679. The number of methoxy groups -OCH3 is 1. The summed E-state index contributed by atoms with van der Waals surface area (Å²) in [6.07, 6.45) is 0. The van der Waals surface area contributed by atoms with Crippen molar-refractivity contribution in [2.45, 2.75) is 13.8 Å². The van der Waals surface area contributed by atoms with E-state index in [4.69, 9.17) is 16.3 Å². The van der Waals surface area contributed by atoms with Gasteiger partial charge in [-0.2, -0.15) is 0 Å². The van der Waals surface area contributed by atoms with Crippen LogP contribution in [0.3, 0.4) is 0 Å². The van der Waals surface area contributed by atoms with Crippen LogP contribution in [0.5, 0.6) is 0 Å². The molecule has 0 saturated carbocycles. The van der Waals surface area contributed by atoms with Crippen molar-refractivity contribution in [3.05, 3.63) is 64.3 Å². The van der Waals surface area contributed by atoms with Crippen molar-refractivity contribution in [2.75, 3.05) is 12.4 Å². The summed E-state index contributed by atoms with van der Waals surface area (Å²) in [4.78, 5) is 16.3. The van der Waals surface area contributed by atoms with E-state index in [0.29, 0.717) is 5.02 Å². The van der Waals surface area contributed by atoms with E-state index in [9.17, 15) is 4.79 Å². The van der Waals surface area contributed by atoms with E-state index in [0.717, 1.165) is 33.4 Å². The van der Waals surface area contributed by atoms with Crippen molar-refractivity contribution in [1.82, 2.24) is 4.98 Å². The van der Waals surface area contributed by atoms with Crippen LogP contribution in [0.25, 0.3) is 10.9 Å². The van der Waals surface area contributed by atoms with Crippen LogP contribution in [0.1, 0.15) is 21.6 Å². The van der Waals surface area contributed by atoms with Gasteiger partial charge in [-0.15, -0.1) is 0 Å². The van der Waals surface area contributed by atoms with Gasteiger partial charge in [0.2, 0.25) is 0 Å². The number of hydrogen-bond acceptors (Lipinski definition) is 4. The van der Waals surface area contributed by atoms with Crippen LogP contribution in [0.15, 0.2) is 42.5 Å². The van der Waals surface area contributed by atoms with E-state index >= 15 is 0 Å². The molecule has 1 aromatic heterocycles. The second-order valence-electron chi connectivity index (χ2n) is 5.66. The highest BCUT2D eigenvalue weighted by atomic mass is 35.5. The van der Waals surface area contributed by atoms with Crippen LogP contribution in [-0.2, 0) is 4.74 Å². The van der Waals surface area contributed by atoms with E-state index in [1.165, 1.54) is 7.11 Å². The molecule has 0 atom stereocenters. The number of ether oxygens (including phenoxy) is 1. The van der Waals surface area contributed by atoms with Gasteiger partial charge >= 0.3 is 5.97 Å². The molecule has 122 valence electrons. The van der Waals surface area contributed by atoms with Crippen molar-refractivity contribution in [2.24, 2.45) is 0 Å². The number of pyridine rings is 1. The topological polar surface area (TPSA) is 51.2 Å². The first-order valence-electron chi connectivity index (χ1n) is 7.51. The van der Waals surface area contributed by atoms with Crippen LogP contribution >= 0.6 is 11.6 Å². The fraction of sp³-hybridized carbons (Fsp3) is 0.158. The summed E-state index contributed by atoms with van der Waals surface area (Å²) in [5.41, 5.74) is 4.73. The summed E-state index contributed by atoms with van der Waals surface area (Å²) in [7, 11) is 1.34. The van der Waals surface area contributed by atoms with Crippen LogP contribution in [0, 0.1) is 13.8 Å². The molecule has 1 N–H and O–H groups in total. The maximum atomic E-state index is 11.9. The van der Waals surface area contributed by atoms with Crippen LogP contribution in [0.4, 0.5) is 11.4 Å². The van der Waals surface area contributed by atoms with Crippen molar-refractivity contribution >= 4 is 39.8 Å². The molecule has 4 nitrogen and oxygen atoms in total. The summed E-state index contributed by atoms with van der Waals surface area (Å²) < 4.78 is 4.80. The Bertz CT molecular complexity index is 938. The molecular weight excluding hydrogens is 324 g/mol. The minimum Gasteiger partial charge on any atom is -0.464 e. The molecule has 1 heterocycles. The van der Waals surface area contributed by atoms with Gasteiger partial charge in [0.05, 0.1) is 18.3 Å². The van der Waals surface area contributed by atoms with E-state index in [1.54, 1.807) is 6.07 Å². The molecule has 0 radical (unpaired) electrons. The lowest BCUT2D eigenvalue weighted by Gasteiger charge is -2.13. The number of hydrogen-bond donors (Lipinski definition) is 1. The third-order valence-electron chi connectivity index (χ3n) is 3.81. The number of aromatic nitrogens is 1. The average Bonchev–Trinajstić information content (AvgIpc) is 2.57. The van der Waals surface area contributed by atoms with Crippen molar-refractivity contribution in [3.63, 3.8) is 0 Å². The second-order valence-corrected chi connectivity index (χ2v) is 6.06. The highest BCUT2D eigenvalue weighted by Crippen LogP contribution is 2.29. The normalized spacial score (nSPS) is 10.7. The Kier molecular flexibility index (Phi) is 4.40. The minimum absolute atomic E-state index is 0.259. The summed E-state index contributed by atoms with van der Waals surface area (Å²) in [5.74, 6) is -0.470. The molecular formula is C19H17ClN2O2. The molecule has 0 amide bonds. The number of carbonyl (C=O) groups is 1. The number of nitrogens with one attached hydrogen (secondary N) is 1. The first-order valence-corrected chi connectivity index (χ1v) is 7.88. The molecule has 24 heavy (non-hydrogen) atoms. The van der Waals surface area contributed by atoms with Gasteiger partial charge in [0.15, 0.2) is 5.69 Å². The maximum Gasteiger partial charge on any atom is 0.356 e. The largest absolute Gasteiger partial charge is 0.464 e. The third-order valence-corrected chi connectivity index (χ3v) is 4.22. The number of rotatable bonds is 3. The third kappa shape index (κ3) is 3.19. The second kappa shape index (κ2) is 6.49. The predicted octanol–water partition coefficient (Wildman–Crippen LogP) is 5.04. The molecule has 3 aromatic rings. The van der Waals surface area contributed by atoms with Crippen molar-refractivity contribution in [1.29, 1.82) is 0 Å². The average molecular weight is 341 g/mol. The van der Waals surface area contributed by atoms with Gasteiger partial charge in [-0.05, 0) is 49.7 Å². The molecule has 5 heteroatoms. The van der Waals surface area contributed by atoms with Gasteiger partial charge in [-0.25, -0.2) is 9.78 Å². The van der Waals surface area contributed by atoms with Crippen LogP contribution in [-0.4, -0.2) is 18.1 Å². The van der Waals surface area contributed by atoms with Gasteiger partial charge in [0, 0.05) is 16.1 Å². The van der Waals surface area contributed by atoms with Crippen LogP contribution < -0.4 is 5.32 Å². The van der Waals surface area contributed by atoms with Gasteiger partial charge < -0.3 is 10.1 Å². The maximum absolute atomic E-state index is 11.9. The zero-order chi connectivity index (χ0) is 17.3. The van der Waals surface area contributed by atoms with Gasteiger partial charge in [-0.3, -0.25) is 0 Å². The monoisotopic (exact) mass is 340 g/mol. The number of nitrogens with zero attached hydrogens (tertiary/aromatic N) is 1. The molecule has 0 bridgehead atoms. The lowest BCUT2D eigenvalue weighted by molar-refractivity contribution is 0.0594. The van der Waals surface area contributed by atoms with E-state index in [2.05, 4.69) is 10.3 Å². The molecule has 0 aliphatic rings. The number of benzene rings is 2. The summed E-state index contributed by atoms with van der Waals surface area (Å²) in [6.45, 7) is 3.97. The fourth-order valence-corrected chi connectivity index (χ4v) is 2.66. The number of anilines is 2. The number of carbonyl (C=O) groups excluding carboxylic acids is 1. The van der Waals surface area contributed by atoms with E-state index < -0.39 is 5.97 Å². The Labute approximate surface area is 145 Å². The molecule has 2 aromatic carbocycles. The molecule has 0 unspecified atom stereocenters. The molecule has 0 saturated heterocycles. The Morgan fingerprint density at radius 2 is 1.92 bits per heavy atom. The summed E-state index contributed by atoms with van der Waals surface area (Å²) in [5, 5.41) is 4.94. The summed E-state index contributed by atoms with van der Waals surface area (Å²) >= 11 is 6.20. The lowest BCUT2D eigenvalue weighted by Crippen LogP contribution is -2.06. The molecule has 0 fully saturated rings. The summed E-state index contributed by atoms with van der Waals surface area (Å²) in [6, 6.07) is 13.3. The van der Waals surface area contributed by atoms with Crippen LogP contribution in [0.2, 0.25) is 5.02 Å². The molecule has 0 spiro atoms. The number of esters is 1. The van der Waals surface area contributed by atoms with Gasteiger partial charge in [0.1, 0.15) is 0 Å². The standard InChI is InChI=1S/C19H17ClN2O2/c1-11-4-7-16-14(8-11)17(10-18(22-16)19(23)24-3)21-13-6-5-12(2)15(20)9-13/h4-10H,1-3H3,(H,21,22). The van der Waals surface area contributed by atoms with E-state index in [1.807, 2.05) is 50.2 Å².